The molecule has 0 spiro atoms. The predicted molar refractivity (Wildman–Crippen MR) is 93.4 cm³/mol. The minimum atomic E-state index is -1.45. The number of nitrogens with zero attached hydrogens (tertiary/aromatic N) is 3. The van der Waals surface area contributed by atoms with Crippen molar-refractivity contribution in [1.82, 2.24) is 9.47 Å². The van der Waals surface area contributed by atoms with E-state index in [1.165, 1.54) is 37.0 Å². The highest BCUT2D eigenvalue weighted by atomic mass is 32.1. The Balaban J connectivity index is 1.86. The van der Waals surface area contributed by atoms with Crippen LogP contribution in [0.3, 0.4) is 0 Å². The second-order valence-electron chi connectivity index (χ2n) is 7.43. The molecule has 1 unspecified atom stereocenters. The first-order chi connectivity index (χ1) is 12.6. The van der Waals surface area contributed by atoms with Gasteiger partial charge in [-0.3, -0.25) is 9.59 Å². The van der Waals surface area contributed by atoms with Gasteiger partial charge in [0.1, 0.15) is 6.20 Å². The molecular weight excluding hydrogens is 370 g/mol. The van der Waals surface area contributed by atoms with Crippen LogP contribution in [-0.2, 0) is 16.6 Å². The van der Waals surface area contributed by atoms with Crippen LogP contribution in [0.5, 0.6) is 0 Å². The zero-order valence-corrected chi connectivity index (χ0v) is 16.1. The van der Waals surface area contributed by atoms with Crippen LogP contribution in [0.4, 0.5) is 0 Å². The Hall–Kier alpha value is -2.52. The van der Waals surface area contributed by atoms with E-state index >= 15 is 0 Å². The summed E-state index contributed by atoms with van der Waals surface area (Å²) < 4.78 is 3.50. The molecule has 27 heavy (non-hydrogen) atoms. The van der Waals surface area contributed by atoms with Crippen molar-refractivity contribution in [2.45, 2.75) is 32.9 Å². The summed E-state index contributed by atoms with van der Waals surface area (Å²) in [6.07, 6.45) is 4.09. The van der Waals surface area contributed by atoms with Crippen LogP contribution < -0.4 is 9.51 Å². The number of β-lactam (4-membered cyclic amide) rings is 1. The zero-order valence-electron chi connectivity index (χ0n) is 15.3. The Labute approximate surface area is 158 Å². The molecule has 4 rings (SSSR count). The van der Waals surface area contributed by atoms with E-state index in [1.807, 2.05) is 0 Å². The van der Waals surface area contributed by atoms with Gasteiger partial charge in [-0.2, -0.15) is 4.40 Å². The lowest BCUT2D eigenvalue weighted by Gasteiger charge is -2.50. The molecule has 0 aliphatic carbocycles. The third-order valence-corrected chi connectivity index (χ3v) is 6.83. The van der Waals surface area contributed by atoms with Crippen LogP contribution in [0, 0.1) is 11.3 Å². The summed E-state index contributed by atoms with van der Waals surface area (Å²) in [4.78, 5) is 39.1. The van der Waals surface area contributed by atoms with Gasteiger partial charge in [-0.1, -0.05) is 11.3 Å². The van der Waals surface area contributed by atoms with Gasteiger partial charge in [0.2, 0.25) is 28.5 Å². The first-order valence-corrected chi connectivity index (χ1v) is 9.36. The van der Waals surface area contributed by atoms with Crippen LogP contribution in [0.2, 0.25) is 0 Å². The van der Waals surface area contributed by atoms with E-state index in [-0.39, 0.29) is 11.7 Å². The molecule has 1 saturated heterocycles. The highest BCUT2D eigenvalue weighted by molar-refractivity contribution is 7.18. The number of carbonyl (C=O) groups is 3. The maximum absolute atomic E-state index is 12.3. The fraction of sp³-hybridized carbons (Fsp3) is 0.444. The first kappa shape index (κ1) is 17.9. The summed E-state index contributed by atoms with van der Waals surface area (Å²) in [5, 5.41) is 22.1. The number of imidazole rings is 1. The number of carboxylic acid groups (broad SMARTS) is 1. The average Bonchev–Trinajstić information content (AvgIpc) is 3.14. The lowest BCUT2D eigenvalue weighted by Crippen LogP contribution is -2.67. The molecule has 2 aromatic heterocycles. The number of aliphatic hydroxyl groups is 1. The normalized spacial score (nSPS) is 28.1. The predicted octanol–water partition coefficient (Wildman–Crippen LogP) is -0.654. The summed E-state index contributed by atoms with van der Waals surface area (Å²) in [7, 11) is 1.77. The Morgan fingerprint density at radius 2 is 2.11 bits per heavy atom. The van der Waals surface area contributed by atoms with E-state index < -0.39 is 29.4 Å². The Morgan fingerprint density at radius 1 is 1.44 bits per heavy atom. The van der Waals surface area contributed by atoms with E-state index in [0.29, 0.717) is 21.0 Å². The molecule has 8 nitrogen and oxygen atoms in total. The maximum Gasteiger partial charge on any atom is 0.250 e. The molecule has 2 aliphatic rings. The molecule has 0 aromatic carbocycles. The van der Waals surface area contributed by atoms with Gasteiger partial charge in [-0.25, -0.2) is 4.57 Å². The van der Waals surface area contributed by atoms with Gasteiger partial charge in [-0.05, 0) is 13.8 Å². The SMILES string of the molecule is CC(=O)c1c2sc(C3=CN4C(=O)[C@H](C(C)O)[C@@H]4[C@]3(C)C(=O)[O-])c[n+]2cn1C. The molecule has 0 bridgehead atoms. The number of ketones is 1. The average molecular weight is 389 g/mol. The lowest BCUT2D eigenvalue weighted by molar-refractivity contribution is -0.508. The van der Waals surface area contributed by atoms with E-state index in [1.54, 1.807) is 34.7 Å². The van der Waals surface area contributed by atoms with Crippen LogP contribution in [0.15, 0.2) is 18.7 Å². The number of Topliss-reactive ketones (excluding diaryl/α,β-unsaturated/α-hetero) is 1. The summed E-state index contributed by atoms with van der Waals surface area (Å²) in [6, 6.07) is -0.685. The number of hydrogen-bond acceptors (Lipinski definition) is 6. The molecule has 4 heterocycles. The van der Waals surface area contributed by atoms with Crippen molar-refractivity contribution < 1.29 is 29.0 Å². The number of aryl methyl sites for hydroxylation is 1. The standard InChI is InChI=1S/C18H19N3O5S/c1-8(22)12-14-18(3,17(25)26)10(5-21(14)15(12)24)11-6-20-7-19(4)13(9(2)23)16(20)27-11/h5-8,12,14,22H,1-4H3/t8?,12-,14-,18-/m1/s1. The van der Waals surface area contributed by atoms with Crippen molar-refractivity contribution in [1.29, 1.82) is 0 Å². The number of carboxylic acids is 1. The number of aliphatic hydroxyl groups excluding tert-OH is 1. The summed E-state index contributed by atoms with van der Waals surface area (Å²) in [5.41, 5.74) is -0.465. The van der Waals surface area contributed by atoms with Crippen LogP contribution in [0.25, 0.3) is 10.4 Å². The summed E-state index contributed by atoms with van der Waals surface area (Å²) in [5.74, 6) is -2.46. The molecule has 2 aliphatic heterocycles. The molecule has 0 radical (unpaired) electrons. The smallest absolute Gasteiger partial charge is 0.250 e. The van der Waals surface area contributed by atoms with Crippen LogP contribution in [0.1, 0.15) is 36.1 Å². The van der Waals surface area contributed by atoms with Gasteiger partial charge >= 0.3 is 0 Å². The van der Waals surface area contributed by atoms with Crippen LogP contribution in [-0.4, -0.2) is 44.4 Å². The van der Waals surface area contributed by atoms with E-state index in [0.717, 1.165) is 0 Å². The number of aromatic nitrogens is 2. The monoisotopic (exact) mass is 389 g/mol. The van der Waals surface area contributed by atoms with E-state index in [4.69, 9.17) is 0 Å². The number of hydrogen-bond donors (Lipinski definition) is 1. The lowest BCUT2D eigenvalue weighted by atomic mass is 9.67. The van der Waals surface area contributed by atoms with Gasteiger partial charge in [0.25, 0.3) is 0 Å². The second-order valence-corrected chi connectivity index (χ2v) is 8.46. The molecule has 142 valence electrons. The topological polar surface area (TPSA) is 107 Å². The number of rotatable bonds is 4. The molecule has 1 fully saturated rings. The van der Waals surface area contributed by atoms with Crippen molar-refractivity contribution in [2.75, 3.05) is 0 Å². The third kappa shape index (κ3) is 2.12. The molecule has 9 heteroatoms. The molecular formula is C18H19N3O5S. The van der Waals surface area contributed by atoms with E-state index in [2.05, 4.69) is 0 Å². The molecule has 1 amide bonds. The first-order valence-electron chi connectivity index (χ1n) is 8.54. The fourth-order valence-corrected chi connectivity index (χ4v) is 5.65. The minimum absolute atomic E-state index is 0.0929. The van der Waals surface area contributed by atoms with Crippen LogP contribution >= 0.6 is 11.3 Å². The van der Waals surface area contributed by atoms with Gasteiger partial charge in [0.05, 0.1) is 41.4 Å². The third-order valence-electron chi connectivity index (χ3n) is 5.69. The fourth-order valence-electron chi connectivity index (χ4n) is 4.31. The van der Waals surface area contributed by atoms with Crippen molar-refractivity contribution in [3.63, 3.8) is 0 Å². The Kier molecular flexibility index (Phi) is 3.64. The minimum Gasteiger partial charge on any atom is -0.549 e. The number of aliphatic carboxylic acids is 1. The molecule has 2 aromatic rings. The number of thiazole rings is 1. The van der Waals surface area contributed by atoms with Crippen molar-refractivity contribution in [2.24, 2.45) is 18.4 Å². The quantitative estimate of drug-likeness (QED) is 0.425. The second kappa shape index (κ2) is 5.49. The number of carbonyl (C=O) groups excluding carboxylic acids is 3. The number of amides is 1. The highest BCUT2D eigenvalue weighted by Gasteiger charge is 2.63. The maximum atomic E-state index is 12.3. The summed E-state index contributed by atoms with van der Waals surface area (Å²) in [6.45, 7) is 4.50. The van der Waals surface area contributed by atoms with Gasteiger partial charge < -0.3 is 19.9 Å². The summed E-state index contributed by atoms with van der Waals surface area (Å²) >= 11 is 1.29. The van der Waals surface area contributed by atoms with Gasteiger partial charge in [0, 0.05) is 18.7 Å². The molecule has 4 atom stereocenters. The van der Waals surface area contributed by atoms with Gasteiger partial charge in [-0.15, -0.1) is 0 Å². The molecule has 1 N–H and O–H groups in total. The Morgan fingerprint density at radius 3 is 2.67 bits per heavy atom. The number of fused-ring (bicyclic) bond motifs is 2. The largest absolute Gasteiger partial charge is 0.549 e. The van der Waals surface area contributed by atoms with Crippen molar-refractivity contribution >= 4 is 39.4 Å². The Bertz CT molecular complexity index is 1050. The van der Waals surface area contributed by atoms with E-state index in [9.17, 15) is 24.6 Å². The van der Waals surface area contributed by atoms with Crippen molar-refractivity contribution in [3.8, 4) is 0 Å². The van der Waals surface area contributed by atoms with Gasteiger partial charge in [0.15, 0.2) is 0 Å². The zero-order chi connectivity index (χ0) is 19.8. The van der Waals surface area contributed by atoms with Crippen molar-refractivity contribution in [3.05, 3.63) is 29.3 Å². The highest BCUT2D eigenvalue weighted by Crippen LogP contribution is 2.54. The molecule has 0 saturated carbocycles.